The lowest BCUT2D eigenvalue weighted by Gasteiger charge is -2.06. The molecule has 3 aromatic carbocycles. The van der Waals surface area contributed by atoms with Crippen LogP contribution in [0.4, 0.5) is 5.13 Å². The molecular weight excluding hydrogens is 470 g/mol. The number of amides is 2. The minimum atomic E-state index is -3.44. The van der Waals surface area contributed by atoms with Gasteiger partial charge in [0.25, 0.3) is 5.91 Å². The maximum atomic E-state index is 12.3. The van der Waals surface area contributed by atoms with Gasteiger partial charge in [0.05, 0.1) is 17.1 Å². The maximum Gasteiger partial charge on any atom is 0.251 e. The highest BCUT2D eigenvalue weighted by molar-refractivity contribution is 7.90. The van der Waals surface area contributed by atoms with Crippen molar-refractivity contribution in [3.05, 3.63) is 89.8 Å². The molecule has 0 fully saturated rings. The fraction of sp³-hybridized carbons (Fsp3) is 0.0800. The summed E-state index contributed by atoms with van der Waals surface area (Å²) in [6, 6.07) is 23.7. The molecule has 0 radical (unpaired) electrons. The second kappa shape index (κ2) is 9.98. The number of aromatic nitrogens is 1. The summed E-state index contributed by atoms with van der Waals surface area (Å²) >= 11 is 1.29. The zero-order chi connectivity index (χ0) is 24.1. The monoisotopic (exact) mass is 491 g/mol. The van der Waals surface area contributed by atoms with Gasteiger partial charge in [0.1, 0.15) is 0 Å². The molecule has 0 spiro atoms. The normalized spacial score (nSPS) is 11.1. The van der Waals surface area contributed by atoms with Gasteiger partial charge in [0, 0.05) is 22.8 Å². The molecule has 0 bridgehead atoms. The van der Waals surface area contributed by atoms with Crippen LogP contribution in [-0.2, 0) is 14.6 Å². The highest BCUT2D eigenvalue weighted by Gasteiger charge is 2.14. The van der Waals surface area contributed by atoms with E-state index in [1.54, 1.807) is 0 Å². The minimum absolute atomic E-state index is 0.0382. The van der Waals surface area contributed by atoms with E-state index in [1.807, 2.05) is 60.0 Å². The molecule has 1 aromatic heterocycles. The van der Waals surface area contributed by atoms with Gasteiger partial charge in [-0.3, -0.25) is 9.59 Å². The number of benzene rings is 3. The molecule has 0 aliphatic rings. The number of nitrogens with one attached hydrogen (secondary N) is 2. The van der Waals surface area contributed by atoms with Gasteiger partial charge in [0.15, 0.2) is 15.0 Å². The Kier molecular flexibility index (Phi) is 6.85. The minimum Gasteiger partial charge on any atom is -0.343 e. The number of thiazole rings is 1. The first-order valence-electron chi connectivity index (χ1n) is 10.3. The molecule has 4 rings (SSSR count). The fourth-order valence-corrected chi connectivity index (χ4v) is 4.65. The lowest BCUT2D eigenvalue weighted by Crippen LogP contribution is -2.32. The number of carbonyl (C=O) groups is 2. The van der Waals surface area contributed by atoms with Crippen molar-refractivity contribution in [3.63, 3.8) is 0 Å². The summed E-state index contributed by atoms with van der Waals surface area (Å²) in [6.07, 6.45) is 1.07. The first kappa shape index (κ1) is 23.3. The van der Waals surface area contributed by atoms with Crippen molar-refractivity contribution >= 4 is 38.1 Å². The fourth-order valence-electron chi connectivity index (χ4n) is 3.25. The van der Waals surface area contributed by atoms with Gasteiger partial charge in [-0.25, -0.2) is 13.4 Å². The first-order valence-corrected chi connectivity index (χ1v) is 13.1. The molecule has 0 atom stereocenters. The Labute approximate surface area is 201 Å². The Balaban J connectivity index is 1.37. The molecule has 0 aliphatic carbocycles. The summed E-state index contributed by atoms with van der Waals surface area (Å²) in [6.45, 7) is -0.277. The van der Waals surface area contributed by atoms with Gasteiger partial charge >= 0.3 is 0 Å². The first-order chi connectivity index (χ1) is 16.3. The number of rotatable bonds is 7. The van der Waals surface area contributed by atoms with Crippen molar-refractivity contribution in [2.24, 2.45) is 0 Å². The Morgan fingerprint density at radius 1 is 0.882 bits per heavy atom. The van der Waals surface area contributed by atoms with E-state index in [-0.39, 0.29) is 17.0 Å². The SMILES string of the molecule is CS(=O)(=O)c1cccc(C(=O)NCC(=O)Nc2nc(-c3cccc(-c4ccccc4)c3)cs2)c1. The summed E-state index contributed by atoms with van der Waals surface area (Å²) in [5.41, 5.74) is 3.99. The van der Waals surface area contributed by atoms with Crippen LogP contribution in [0.15, 0.2) is 89.1 Å². The molecule has 9 heteroatoms. The summed E-state index contributed by atoms with van der Waals surface area (Å²) in [5.74, 6) is -0.982. The van der Waals surface area contributed by atoms with Crippen molar-refractivity contribution in [2.75, 3.05) is 18.1 Å². The molecule has 2 amide bonds. The van der Waals surface area contributed by atoms with Crippen LogP contribution >= 0.6 is 11.3 Å². The van der Waals surface area contributed by atoms with Crippen LogP contribution in [0.5, 0.6) is 0 Å². The number of nitrogens with zero attached hydrogens (tertiary/aromatic N) is 1. The number of carbonyl (C=O) groups excluding carboxylic acids is 2. The van der Waals surface area contributed by atoms with Crippen molar-refractivity contribution in [1.29, 1.82) is 0 Å². The van der Waals surface area contributed by atoms with Crippen molar-refractivity contribution in [3.8, 4) is 22.4 Å². The van der Waals surface area contributed by atoms with E-state index in [2.05, 4.69) is 15.6 Å². The predicted octanol–water partition coefficient (Wildman–Crippen LogP) is 4.25. The molecule has 4 aromatic rings. The van der Waals surface area contributed by atoms with Crippen LogP contribution < -0.4 is 10.6 Å². The summed E-state index contributed by atoms with van der Waals surface area (Å²) in [4.78, 5) is 29.1. The quantitative estimate of drug-likeness (QED) is 0.402. The molecule has 34 heavy (non-hydrogen) atoms. The second-order valence-electron chi connectivity index (χ2n) is 7.52. The number of anilines is 1. The van der Waals surface area contributed by atoms with E-state index in [1.165, 1.54) is 35.6 Å². The van der Waals surface area contributed by atoms with Crippen molar-refractivity contribution < 1.29 is 18.0 Å². The van der Waals surface area contributed by atoms with Crippen molar-refractivity contribution in [1.82, 2.24) is 10.3 Å². The van der Waals surface area contributed by atoms with E-state index < -0.39 is 21.7 Å². The average molecular weight is 492 g/mol. The molecule has 0 saturated carbocycles. The number of hydrogen-bond donors (Lipinski definition) is 2. The standard InChI is InChI=1S/C25H21N3O4S2/c1-34(31,32)21-12-6-11-20(14-21)24(30)26-15-23(29)28-25-27-22(16-33-25)19-10-5-9-18(13-19)17-7-3-2-4-8-17/h2-14,16H,15H2,1H3,(H,26,30)(H,27,28,29). The Bertz CT molecular complexity index is 1450. The second-order valence-corrected chi connectivity index (χ2v) is 10.4. The Hall–Kier alpha value is -3.82. The predicted molar refractivity (Wildman–Crippen MR) is 134 cm³/mol. The molecule has 7 nitrogen and oxygen atoms in total. The number of sulfone groups is 1. The van der Waals surface area contributed by atoms with Crippen LogP contribution in [0.2, 0.25) is 0 Å². The molecule has 0 saturated heterocycles. The highest BCUT2D eigenvalue weighted by Crippen LogP contribution is 2.28. The average Bonchev–Trinajstić information content (AvgIpc) is 3.31. The Morgan fingerprint density at radius 2 is 1.59 bits per heavy atom. The van der Waals surface area contributed by atoms with Gasteiger partial charge in [-0.1, -0.05) is 54.6 Å². The molecule has 0 unspecified atom stereocenters. The van der Waals surface area contributed by atoms with Gasteiger partial charge in [0.2, 0.25) is 5.91 Å². The zero-order valence-electron chi connectivity index (χ0n) is 18.2. The third-order valence-electron chi connectivity index (χ3n) is 4.95. The van der Waals surface area contributed by atoms with Crippen LogP contribution in [0.25, 0.3) is 22.4 Å². The summed E-state index contributed by atoms with van der Waals surface area (Å²) in [5, 5.41) is 7.44. The number of hydrogen-bond acceptors (Lipinski definition) is 6. The third-order valence-corrected chi connectivity index (χ3v) is 6.82. The van der Waals surface area contributed by atoms with Gasteiger partial charge in [-0.15, -0.1) is 11.3 Å². The van der Waals surface area contributed by atoms with Gasteiger partial charge in [-0.2, -0.15) is 0 Å². The molecule has 172 valence electrons. The van der Waals surface area contributed by atoms with E-state index in [0.29, 0.717) is 5.13 Å². The zero-order valence-corrected chi connectivity index (χ0v) is 19.8. The van der Waals surface area contributed by atoms with Crippen LogP contribution in [-0.4, -0.2) is 38.0 Å². The Morgan fingerprint density at radius 3 is 2.35 bits per heavy atom. The largest absolute Gasteiger partial charge is 0.343 e. The maximum absolute atomic E-state index is 12.3. The lowest BCUT2D eigenvalue weighted by molar-refractivity contribution is -0.115. The van der Waals surface area contributed by atoms with E-state index in [0.717, 1.165) is 28.6 Å². The molecule has 1 heterocycles. The summed E-state index contributed by atoms with van der Waals surface area (Å²) in [7, 11) is -3.44. The molecule has 2 N–H and O–H groups in total. The van der Waals surface area contributed by atoms with E-state index in [4.69, 9.17) is 0 Å². The van der Waals surface area contributed by atoms with Crippen molar-refractivity contribution in [2.45, 2.75) is 4.90 Å². The molecular formula is C25H21N3O4S2. The van der Waals surface area contributed by atoms with Crippen LogP contribution in [0, 0.1) is 0 Å². The topological polar surface area (TPSA) is 105 Å². The smallest absolute Gasteiger partial charge is 0.251 e. The van der Waals surface area contributed by atoms with E-state index >= 15 is 0 Å². The van der Waals surface area contributed by atoms with Gasteiger partial charge < -0.3 is 10.6 Å². The molecule has 0 aliphatic heterocycles. The summed E-state index contributed by atoms with van der Waals surface area (Å²) < 4.78 is 23.3. The van der Waals surface area contributed by atoms with Gasteiger partial charge in [-0.05, 0) is 35.4 Å². The van der Waals surface area contributed by atoms with E-state index in [9.17, 15) is 18.0 Å². The lowest BCUT2D eigenvalue weighted by atomic mass is 10.0. The highest BCUT2D eigenvalue weighted by atomic mass is 32.2. The third kappa shape index (κ3) is 5.75. The van der Waals surface area contributed by atoms with Crippen LogP contribution in [0.3, 0.4) is 0 Å². The van der Waals surface area contributed by atoms with Crippen LogP contribution in [0.1, 0.15) is 10.4 Å².